The van der Waals surface area contributed by atoms with E-state index in [4.69, 9.17) is 0 Å². The Balaban J connectivity index is 3.00. The largest absolute Gasteiger partial charge is 0.331 e. The highest BCUT2D eigenvalue weighted by atomic mass is 15.3. The Morgan fingerprint density at radius 2 is 1.54 bits per heavy atom. The molecular weight excluding hydrogens is 160 g/mol. The van der Waals surface area contributed by atoms with Crippen LogP contribution in [0.1, 0.15) is 32.6 Å². The maximum absolute atomic E-state index is 3.35. The summed E-state index contributed by atoms with van der Waals surface area (Å²) in [4.78, 5) is 0. The summed E-state index contributed by atoms with van der Waals surface area (Å²) in [6, 6.07) is 0. The van der Waals surface area contributed by atoms with Crippen LogP contribution in [-0.2, 0) is 0 Å². The molecule has 0 rings (SSSR count). The second kappa shape index (κ2) is 7.34. The summed E-state index contributed by atoms with van der Waals surface area (Å²) in [6.45, 7) is 5.78. The summed E-state index contributed by atoms with van der Waals surface area (Å²) >= 11 is 0. The summed E-state index contributed by atoms with van der Waals surface area (Å²) in [5.74, 6) is 0. The summed E-state index contributed by atoms with van der Waals surface area (Å²) < 4.78 is 1.10. The van der Waals surface area contributed by atoms with Gasteiger partial charge in [-0.1, -0.05) is 13.3 Å². The van der Waals surface area contributed by atoms with Gasteiger partial charge in [0, 0.05) is 0 Å². The Kier molecular flexibility index (Phi) is 7.29. The van der Waals surface area contributed by atoms with Crippen molar-refractivity contribution >= 4 is 0 Å². The van der Waals surface area contributed by atoms with Gasteiger partial charge in [0.1, 0.15) is 0 Å². The number of nitrogens with one attached hydrogen (secondary N) is 1. The van der Waals surface area contributed by atoms with E-state index in [0.29, 0.717) is 0 Å². The van der Waals surface area contributed by atoms with Crippen molar-refractivity contribution in [3.8, 4) is 0 Å². The van der Waals surface area contributed by atoms with Gasteiger partial charge in [0.25, 0.3) is 0 Å². The van der Waals surface area contributed by atoms with Crippen LogP contribution >= 0.6 is 0 Å². The molecule has 2 heteroatoms. The fraction of sp³-hybridized carbons (Fsp3) is 1.00. The standard InChI is InChI=1S/C11H27N2/c1-5-12-10-8-6-7-9-11-13(2,3)4/h12H,5-11H2,1-4H3/q+1. The molecular formula is C11H27N2+. The van der Waals surface area contributed by atoms with Gasteiger partial charge in [-0.25, -0.2) is 0 Å². The third kappa shape index (κ3) is 11.9. The molecule has 0 unspecified atom stereocenters. The van der Waals surface area contributed by atoms with Crippen molar-refractivity contribution in [3.05, 3.63) is 0 Å². The van der Waals surface area contributed by atoms with Crippen molar-refractivity contribution < 1.29 is 4.48 Å². The average Bonchev–Trinajstić information content (AvgIpc) is 2.01. The molecule has 0 aliphatic carbocycles. The third-order valence-corrected chi connectivity index (χ3v) is 2.18. The molecule has 2 nitrogen and oxygen atoms in total. The highest BCUT2D eigenvalue weighted by Crippen LogP contribution is 2.02. The van der Waals surface area contributed by atoms with Gasteiger partial charge in [0.15, 0.2) is 0 Å². The molecule has 0 aliphatic heterocycles. The first kappa shape index (κ1) is 12.9. The quantitative estimate of drug-likeness (QED) is 0.452. The first-order valence-electron chi connectivity index (χ1n) is 5.57. The lowest BCUT2D eigenvalue weighted by Crippen LogP contribution is -2.35. The normalized spacial score (nSPS) is 12.0. The van der Waals surface area contributed by atoms with E-state index in [-0.39, 0.29) is 0 Å². The lowest BCUT2D eigenvalue weighted by Gasteiger charge is -2.23. The zero-order valence-electron chi connectivity index (χ0n) is 9.90. The van der Waals surface area contributed by atoms with Gasteiger partial charge >= 0.3 is 0 Å². The van der Waals surface area contributed by atoms with Gasteiger partial charge in [-0.2, -0.15) is 0 Å². The molecule has 0 saturated carbocycles. The summed E-state index contributed by atoms with van der Waals surface area (Å²) in [5.41, 5.74) is 0. The highest BCUT2D eigenvalue weighted by Gasteiger charge is 2.04. The van der Waals surface area contributed by atoms with E-state index in [2.05, 4.69) is 33.4 Å². The van der Waals surface area contributed by atoms with E-state index in [0.717, 1.165) is 11.0 Å². The monoisotopic (exact) mass is 187 g/mol. The van der Waals surface area contributed by atoms with Crippen LogP contribution in [0, 0.1) is 0 Å². The average molecular weight is 187 g/mol. The van der Waals surface area contributed by atoms with E-state index in [1.54, 1.807) is 0 Å². The molecule has 0 aromatic rings. The van der Waals surface area contributed by atoms with E-state index >= 15 is 0 Å². The van der Waals surface area contributed by atoms with Crippen molar-refractivity contribution in [2.75, 3.05) is 40.8 Å². The Labute approximate surface area is 83.9 Å². The summed E-state index contributed by atoms with van der Waals surface area (Å²) in [5, 5.41) is 3.35. The Morgan fingerprint density at radius 1 is 0.923 bits per heavy atom. The van der Waals surface area contributed by atoms with Crippen LogP contribution < -0.4 is 5.32 Å². The minimum Gasteiger partial charge on any atom is -0.331 e. The van der Waals surface area contributed by atoms with E-state index in [1.165, 1.54) is 38.8 Å². The van der Waals surface area contributed by atoms with Crippen molar-refractivity contribution in [2.24, 2.45) is 0 Å². The predicted molar refractivity (Wildman–Crippen MR) is 59.9 cm³/mol. The molecule has 0 fully saturated rings. The van der Waals surface area contributed by atoms with E-state index in [9.17, 15) is 0 Å². The van der Waals surface area contributed by atoms with E-state index in [1.807, 2.05) is 0 Å². The molecule has 0 aromatic heterocycles. The summed E-state index contributed by atoms with van der Waals surface area (Å²) in [6.07, 6.45) is 5.48. The van der Waals surface area contributed by atoms with Crippen LogP contribution in [0.2, 0.25) is 0 Å². The number of nitrogens with zero attached hydrogens (tertiary/aromatic N) is 1. The zero-order chi connectivity index (χ0) is 10.2. The van der Waals surface area contributed by atoms with Gasteiger partial charge in [0.2, 0.25) is 0 Å². The molecule has 80 valence electrons. The topological polar surface area (TPSA) is 12.0 Å². The predicted octanol–water partition coefficient (Wildman–Crippen LogP) is 1.86. The first-order valence-corrected chi connectivity index (χ1v) is 5.57. The maximum atomic E-state index is 3.35. The second-order valence-electron chi connectivity index (χ2n) is 4.78. The maximum Gasteiger partial charge on any atom is 0.0780 e. The first-order chi connectivity index (χ1) is 6.06. The Bertz CT molecular complexity index is 105. The van der Waals surface area contributed by atoms with Crippen molar-refractivity contribution in [2.45, 2.75) is 32.6 Å². The van der Waals surface area contributed by atoms with Crippen LogP contribution in [0.25, 0.3) is 0 Å². The molecule has 0 saturated heterocycles. The molecule has 0 atom stereocenters. The summed E-state index contributed by atoms with van der Waals surface area (Å²) in [7, 11) is 6.79. The van der Waals surface area contributed by atoms with Gasteiger partial charge < -0.3 is 9.80 Å². The molecule has 13 heavy (non-hydrogen) atoms. The van der Waals surface area contributed by atoms with Crippen LogP contribution in [-0.4, -0.2) is 45.3 Å². The minimum atomic E-state index is 1.10. The van der Waals surface area contributed by atoms with E-state index < -0.39 is 0 Å². The van der Waals surface area contributed by atoms with Gasteiger partial charge in [-0.15, -0.1) is 0 Å². The zero-order valence-corrected chi connectivity index (χ0v) is 9.90. The molecule has 0 bridgehead atoms. The highest BCUT2D eigenvalue weighted by molar-refractivity contribution is 4.46. The lowest BCUT2D eigenvalue weighted by molar-refractivity contribution is -0.870. The SMILES string of the molecule is CCNCCCCCC[N+](C)(C)C. The van der Waals surface area contributed by atoms with Crippen LogP contribution in [0.4, 0.5) is 0 Å². The van der Waals surface area contributed by atoms with Gasteiger partial charge in [-0.05, 0) is 32.4 Å². The fourth-order valence-electron chi connectivity index (χ4n) is 1.37. The number of hydrogen-bond donors (Lipinski definition) is 1. The van der Waals surface area contributed by atoms with Gasteiger partial charge in [-0.3, -0.25) is 0 Å². The Hall–Kier alpha value is -0.0800. The van der Waals surface area contributed by atoms with Crippen molar-refractivity contribution in [1.29, 1.82) is 0 Å². The fourth-order valence-corrected chi connectivity index (χ4v) is 1.37. The van der Waals surface area contributed by atoms with Crippen LogP contribution in [0.3, 0.4) is 0 Å². The Morgan fingerprint density at radius 3 is 2.08 bits per heavy atom. The molecule has 0 radical (unpaired) electrons. The number of quaternary nitrogens is 1. The molecule has 0 aromatic carbocycles. The lowest BCUT2D eigenvalue weighted by atomic mass is 10.2. The smallest absolute Gasteiger partial charge is 0.0780 e. The number of rotatable bonds is 8. The number of unbranched alkanes of at least 4 members (excludes halogenated alkanes) is 3. The van der Waals surface area contributed by atoms with Crippen molar-refractivity contribution in [1.82, 2.24) is 5.32 Å². The molecule has 1 N–H and O–H groups in total. The third-order valence-electron chi connectivity index (χ3n) is 2.18. The van der Waals surface area contributed by atoms with Crippen LogP contribution in [0.5, 0.6) is 0 Å². The number of hydrogen-bond acceptors (Lipinski definition) is 1. The molecule has 0 aliphatic rings. The van der Waals surface area contributed by atoms with Crippen LogP contribution in [0.15, 0.2) is 0 Å². The van der Waals surface area contributed by atoms with Gasteiger partial charge in [0.05, 0.1) is 27.7 Å². The second-order valence-corrected chi connectivity index (χ2v) is 4.78. The van der Waals surface area contributed by atoms with Crippen molar-refractivity contribution in [3.63, 3.8) is 0 Å². The molecule has 0 spiro atoms. The minimum absolute atomic E-state index is 1.10. The molecule has 0 heterocycles. The molecule has 0 amide bonds.